The molecule has 8 heteroatoms. The third-order valence-corrected chi connectivity index (χ3v) is 6.77. The second-order valence-electron chi connectivity index (χ2n) is 8.00. The molecule has 0 atom stereocenters. The monoisotopic (exact) mass is 433 g/mol. The molecule has 1 saturated carbocycles. The van der Waals surface area contributed by atoms with Crippen LogP contribution in [0.2, 0.25) is 0 Å². The molecular weight excluding hydrogens is 410 g/mol. The third-order valence-electron chi connectivity index (χ3n) is 6.01. The number of carbonyl (C=O) groups is 2. The molecule has 3 heterocycles. The van der Waals surface area contributed by atoms with Crippen LogP contribution < -0.4 is 10.2 Å². The van der Waals surface area contributed by atoms with Crippen LogP contribution in [-0.2, 0) is 11.2 Å². The molecule has 2 aromatic heterocycles. The number of rotatable bonds is 4. The lowest BCUT2D eigenvalue weighted by atomic mass is 9.88. The minimum atomic E-state index is -0.333. The van der Waals surface area contributed by atoms with Crippen LogP contribution in [0.1, 0.15) is 48.2 Å². The first kappa shape index (κ1) is 19.8. The largest absolute Gasteiger partial charge is 0.312 e. The minimum absolute atomic E-state index is 0.179. The number of nitrogens with one attached hydrogen (secondary N) is 1. The molecule has 0 unspecified atom stereocenters. The number of amides is 2. The summed E-state index contributed by atoms with van der Waals surface area (Å²) in [6, 6.07) is 6.16. The molecule has 3 aromatic rings. The maximum atomic E-state index is 13.0. The van der Waals surface area contributed by atoms with Crippen molar-refractivity contribution in [1.82, 2.24) is 15.0 Å². The highest BCUT2D eigenvalue weighted by Crippen LogP contribution is 2.36. The predicted octanol–water partition coefficient (Wildman–Crippen LogP) is 4.32. The Hall–Kier alpha value is -3.13. The van der Waals surface area contributed by atoms with E-state index in [9.17, 15) is 9.59 Å². The number of benzene rings is 1. The average Bonchev–Trinajstić information content (AvgIpc) is 3.46. The summed E-state index contributed by atoms with van der Waals surface area (Å²) in [4.78, 5) is 39.7. The van der Waals surface area contributed by atoms with E-state index < -0.39 is 0 Å². The molecule has 0 saturated heterocycles. The van der Waals surface area contributed by atoms with Crippen molar-refractivity contribution < 1.29 is 9.59 Å². The normalized spacial score (nSPS) is 16.2. The van der Waals surface area contributed by atoms with Crippen LogP contribution in [0.25, 0.3) is 11.3 Å². The predicted molar refractivity (Wildman–Crippen MR) is 120 cm³/mol. The van der Waals surface area contributed by atoms with Gasteiger partial charge in [0.15, 0.2) is 5.13 Å². The first-order valence-electron chi connectivity index (χ1n) is 10.7. The van der Waals surface area contributed by atoms with Crippen molar-refractivity contribution >= 4 is 34.0 Å². The average molecular weight is 434 g/mol. The van der Waals surface area contributed by atoms with Crippen LogP contribution in [0, 0.1) is 5.92 Å². The van der Waals surface area contributed by atoms with Crippen LogP contribution >= 0.6 is 11.3 Å². The Kier molecular flexibility index (Phi) is 5.46. The van der Waals surface area contributed by atoms with Gasteiger partial charge in [0.05, 0.1) is 11.9 Å². The standard InChI is InChI=1S/C23H23N5O2S/c29-21(18-13-24-9-10-25-18)27-23-26-19(14-31-23)16-6-7-20-17(12-16)8-11-28(20)22(30)15-4-2-1-3-5-15/h6-7,9-10,12-15H,1-5,8,11H2,(H,26,27,29). The molecular formula is C23H23N5O2S. The zero-order valence-corrected chi connectivity index (χ0v) is 17.9. The van der Waals surface area contributed by atoms with Gasteiger partial charge < -0.3 is 4.90 Å². The van der Waals surface area contributed by atoms with Crippen molar-refractivity contribution in [2.24, 2.45) is 5.92 Å². The smallest absolute Gasteiger partial charge is 0.277 e. The Bertz CT molecular complexity index is 1110. The summed E-state index contributed by atoms with van der Waals surface area (Å²) in [6.45, 7) is 0.755. The summed E-state index contributed by atoms with van der Waals surface area (Å²) in [5.74, 6) is 0.132. The summed E-state index contributed by atoms with van der Waals surface area (Å²) in [5.41, 5.74) is 4.26. The summed E-state index contributed by atoms with van der Waals surface area (Å²) >= 11 is 1.37. The summed E-state index contributed by atoms with van der Waals surface area (Å²) in [6.07, 6.45) is 10.9. The van der Waals surface area contributed by atoms with Gasteiger partial charge in [-0.3, -0.25) is 19.9 Å². The number of hydrogen-bond donors (Lipinski definition) is 1. The third kappa shape index (κ3) is 4.07. The summed E-state index contributed by atoms with van der Waals surface area (Å²) in [5, 5.41) is 5.21. The Labute approximate surface area is 184 Å². The molecule has 0 bridgehead atoms. The maximum absolute atomic E-state index is 13.0. The van der Waals surface area contributed by atoms with Crippen molar-refractivity contribution in [3.8, 4) is 11.3 Å². The summed E-state index contributed by atoms with van der Waals surface area (Å²) < 4.78 is 0. The van der Waals surface area contributed by atoms with Crippen LogP contribution in [0.15, 0.2) is 42.2 Å². The lowest BCUT2D eigenvalue weighted by Crippen LogP contribution is -2.35. The van der Waals surface area contributed by atoms with Crippen LogP contribution in [0.4, 0.5) is 10.8 Å². The zero-order chi connectivity index (χ0) is 21.2. The molecule has 7 nitrogen and oxygen atoms in total. The molecule has 0 spiro atoms. The summed E-state index contributed by atoms with van der Waals surface area (Å²) in [7, 11) is 0. The fourth-order valence-electron chi connectivity index (χ4n) is 4.40. The van der Waals surface area contributed by atoms with Crippen molar-refractivity contribution in [2.45, 2.75) is 38.5 Å². The highest BCUT2D eigenvalue weighted by Gasteiger charge is 2.31. The number of thiazole rings is 1. The van der Waals surface area contributed by atoms with Gasteiger partial charge in [0.1, 0.15) is 5.69 Å². The highest BCUT2D eigenvalue weighted by atomic mass is 32.1. The Morgan fingerprint density at radius 3 is 2.81 bits per heavy atom. The molecule has 1 N–H and O–H groups in total. The Morgan fingerprint density at radius 1 is 1.13 bits per heavy atom. The van der Waals surface area contributed by atoms with E-state index in [0.717, 1.165) is 55.6 Å². The van der Waals surface area contributed by atoms with Crippen LogP contribution in [0.5, 0.6) is 0 Å². The van der Waals surface area contributed by atoms with Gasteiger partial charge in [0.2, 0.25) is 5.91 Å². The molecule has 1 fully saturated rings. The Balaban J connectivity index is 1.30. The van der Waals surface area contributed by atoms with E-state index in [2.05, 4.69) is 26.3 Å². The van der Waals surface area contributed by atoms with Crippen LogP contribution in [-0.4, -0.2) is 33.3 Å². The van der Waals surface area contributed by atoms with E-state index in [-0.39, 0.29) is 23.4 Å². The molecule has 0 radical (unpaired) electrons. The lowest BCUT2D eigenvalue weighted by Gasteiger charge is -2.26. The van der Waals surface area contributed by atoms with E-state index in [1.165, 1.54) is 41.9 Å². The maximum Gasteiger partial charge on any atom is 0.277 e. The van der Waals surface area contributed by atoms with E-state index in [0.29, 0.717) is 5.13 Å². The number of hydrogen-bond acceptors (Lipinski definition) is 6. The van der Waals surface area contributed by atoms with Crippen molar-refractivity contribution in [3.63, 3.8) is 0 Å². The quantitative estimate of drug-likeness (QED) is 0.662. The van der Waals surface area contributed by atoms with Gasteiger partial charge in [-0.25, -0.2) is 9.97 Å². The van der Waals surface area contributed by atoms with E-state index >= 15 is 0 Å². The van der Waals surface area contributed by atoms with E-state index in [1.54, 1.807) is 0 Å². The van der Waals surface area contributed by atoms with Crippen LogP contribution in [0.3, 0.4) is 0 Å². The first-order valence-corrected chi connectivity index (χ1v) is 11.5. The van der Waals surface area contributed by atoms with Gasteiger partial charge >= 0.3 is 0 Å². The molecule has 5 rings (SSSR count). The first-order chi connectivity index (χ1) is 15.2. The number of fused-ring (bicyclic) bond motifs is 1. The van der Waals surface area contributed by atoms with Gasteiger partial charge in [-0.15, -0.1) is 11.3 Å². The molecule has 1 aliphatic carbocycles. The van der Waals surface area contributed by atoms with Gasteiger partial charge in [-0.2, -0.15) is 0 Å². The van der Waals surface area contributed by atoms with Gasteiger partial charge in [-0.1, -0.05) is 25.3 Å². The van der Waals surface area contributed by atoms with Gasteiger partial charge in [-0.05, 0) is 37.0 Å². The molecule has 158 valence electrons. The second-order valence-corrected chi connectivity index (χ2v) is 8.86. The minimum Gasteiger partial charge on any atom is -0.312 e. The van der Waals surface area contributed by atoms with E-state index in [1.807, 2.05) is 22.4 Å². The molecule has 2 amide bonds. The lowest BCUT2D eigenvalue weighted by molar-refractivity contribution is -0.123. The molecule has 31 heavy (non-hydrogen) atoms. The number of nitrogens with zero attached hydrogens (tertiary/aromatic N) is 4. The molecule has 2 aliphatic rings. The number of carbonyl (C=O) groups excluding carboxylic acids is 2. The second kappa shape index (κ2) is 8.55. The van der Waals surface area contributed by atoms with E-state index in [4.69, 9.17) is 0 Å². The molecule has 1 aliphatic heterocycles. The van der Waals surface area contributed by atoms with Gasteiger partial charge in [0, 0.05) is 41.5 Å². The van der Waals surface area contributed by atoms with Gasteiger partial charge in [0.25, 0.3) is 5.91 Å². The fourth-order valence-corrected chi connectivity index (χ4v) is 5.12. The Morgan fingerprint density at radius 2 is 2.00 bits per heavy atom. The van der Waals surface area contributed by atoms with Crippen molar-refractivity contribution in [1.29, 1.82) is 0 Å². The van der Waals surface area contributed by atoms with Crippen molar-refractivity contribution in [2.75, 3.05) is 16.8 Å². The zero-order valence-electron chi connectivity index (χ0n) is 17.1. The van der Waals surface area contributed by atoms with Crippen molar-refractivity contribution in [3.05, 3.63) is 53.4 Å². The number of aromatic nitrogens is 3. The highest BCUT2D eigenvalue weighted by molar-refractivity contribution is 7.14. The number of anilines is 2. The fraction of sp³-hybridized carbons (Fsp3) is 0.348. The molecule has 1 aromatic carbocycles. The SMILES string of the molecule is O=C(Nc1nc(-c2ccc3c(c2)CCN3C(=O)C2CCCCC2)cs1)c1cnccn1. The topological polar surface area (TPSA) is 88.1 Å².